The molecule has 118 valence electrons. The maximum absolute atomic E-state index is 14.1. The lowest BCUT2D eigenvalue weighted by Gasteiger charge is -2.20. The van der Waals surface area contributed by atoms with Gasteiger partial charge in [-0.15, -0.1) is 0 Å². The Labute approximate surface area is 126 Å². The van der Waals surface area contributed by atoms with E-state index in [0.717, 1.165) is 16.4 Å². The number of rotatable bonds is 7. The first-order valence-corrected chi connectivity index (χ1v) is 7.90. The molecule has 0 saturated carbocycles. The zero-order valence-electron chi connectivity index (χ0n) is 11.2. The van der Waals surface area contributed by atoms with Crippen LogP contribution in [0.2, 0.25) is 5.02 Å². The Kier molecular flexibility index (Phi) is 6.09. The number of carboxylic acid groups (broad SMARTS) is 1. The average molecular weight is 340 g/mol. The first-order valence-electron chi connectivity index (χ1n) is 6.09. The van der Waals surface area contributed by atoms with Gasteiger partial charge in [0.05, 0.1) is 5.56 Å². The predicted molar refractivity (Wildman–Crippen MR) is 74.5 cm³/mol. The molecule has 0 aliphatic heterocycles. The predicted octanol–water partition coefficient (Wildman–Crippen LogP) is 1.57. The smallest absolute Gasteiger partial charge is 0.338 e. The van der Waals surface area contributed by atoms with E-state index in [9.17, 15) is 17.6 Å². The fourth-order valence-electron chi connectivity index (χ4n) is 1.74. The third-order valence-corrected chi connectivity index (χ3v) is 4.96. The van der Waals surface area contributed by atoms with Gasteiger partial charge in [-0.3, -0.25) is 0 Å². The van der Waals surface area contributed by atoms with Gasteiger partial charge >= 0.3 is 5.97 Å². The minimum atomic E-state index is -4.23. The van der Waals surface area contributed by atoms with E-state index in [4.69, 9.17) is 21.8 Å². The van der Waals surface area contributed by atoms with Crippen LogP contribution in [-0.2, 0) is 10.0 Å². The summed E-state index contributed by atoms with van der Waals surface area (Å²) in [6, 6.07) is 1.72. The van der Waals surface area contributed by atoms with Crippen LogP contribution in [-0.4, -0.2) is 48.6 Å². The molecule has 1 aromatic carbocycles. The first-order chi connectivity index (χ1) is 9.75. The van der Waals surface area contributed by atoms with E-state index < -0.39 is 32.3 Å². The van der Waals surface area contributed by atoms with Crippen LogP contribution in [0, 0.1) is 5.82 Å². The number of aliphatic hydroxyl groups excluding tert-OH is 1. The van der Waals surface area contributed by atoms with E-state index in [1.165, 1.54) is 0 Å². The number of hydrogen-bond donors (Lipinski definition) is 2. The zero-order chi connectivity index (χ0) is 16.2. The van der Waals surface area contributed by atoms with Crippen LogP contribution in [0.1, 0.15) is 23.7 Å². The van der Waals surface area contributed by atoms with Crippen LogP contribution in [0.15, 0.2) is 17.0 Å². The highest BCUT2D eigenvalue weighted by molar-refractivity contribution is 7.89. The highest BCUT2D eigenvalue weighted by Crippen LogP contribution is 2.26. The number of hydrogen-bond acceptors (Lipinski definition) is 4. The summed E-state index contributed by atoms with van der Waals surface area (Å²) < 4.78 is 39.8. The van der Waals surface area contributed by atoms with Gasteiger partial charge in [0, 0.05) is 24.7 Å². The molecule has 0 fully saturated rings. The molecule has 0 bridgehead atoms. The van der Waals surface area contributed by atoms with E-state index in [-0.39, 0.29) is 31.1 Å². The molecule has 21 heavy (non-hydrogen) atoms. The van der Waals surface area contributed by atoms with Gasteiger partial charge in [0.1, 0.15) is 4.90 Å². The highest BCUT2D eigenvalue weighted by Gasteiger charge is 2.29. The lowest BCUT2D eigenvalue weighted by molar-refractivity contribution is 0.0691. The Bertz CT molecular complexity index is 635. The maximum Gasteiger partial charge on any atom is 0.338 e. The van der Waals surface area contributed by atoms with Gasteiger partial charge in [-0.05, 0) is 18.6 Å². The first kappa shape index (κ1) is 17.8. The van der Waals surface area contributed by atoms with Crippen molar-refractivity contribution in [2.45, 2.75) is 18.2 Å². The van der Waals surface area contributed by atoms with Crippen LogP contribution in [0.3, 0.4) is 0 Å². The topological polar surface area (TPSA) is 94.9 Å². The second-order valence-electron chi connectivity index (χ2n) is 4.14. The Morgan fingerprint density at radius 3 is 2.52 bits per heavy atom. The lowest BCUT2D eigenvalue weighted by Crippen LogP contribution is -2.33. The molecule has 6 nitrogen and oxygen atoms in total. The lowest BCUT2D eigenvalue weighted by atomic mass is 10.2. The number of aromatic carboxylic acids is 1. The molecule has 1 aromatic rings. The van der Waals surface area contributed by atoms with Gasteiger partial charge in [-0.1, -0.05) is 18.5 Å². The highest BCUT2D eigenvalue weighted by atomic mass is 35.5. The number of halogens is 2. The second kappa shape index (κ2) is 7.17. The summed E-state index contributed by atoms with van der Waals surface area (Å²) in [4.78, 5) is 10.1. The van der Waals surface area contributed by atoms with Crippen LogP contribution in [0.25, 0.3) is 0 Å². The molecule has 0 aliphatic rings. The van der Waals surface area contributed by atoms with Gasteiger partial charge < -0.3 is 10.2 Å². The zero-order valence-corrected chi connectivity index (χ0v) is 12.8. The SMILES string of the molecule is CCN(CCCO)S(=O)(=O)c1cc(Cl)cc(C(=O)O)c1F. The molecule has 1 rings (SSSR count). The number of sulfonamides is 1. The Hall–Kier alpha value is -1.22. The second-order valence-corrected chi connectivity index (χ2v) is 6.49. The molecule has 0 aromatic heterocycles. The van der Waals surface area contributed by atoms with Crippen molar-refractivity contribution in [3.63, 3.8) is 0 Å². The molecule has 2 N–H and O–H groups in total. The van der Waals surface area contributed by atoms with E-state index in [2.05, 4.69) is 0 Å². The third-order valence-electron chi connectivity index (χ3n) is 2.77. The molecule has 0 amide bonds. The van der Waals surface area contributed by atoms with Gasteiger partial charge in [-0.25, -0.2) is 17.6 Å². The number of carbonyl (C=O) groups is 1. The van der Waals surface area contributed by atoms with Gasteiger partial charge in [0.15, 0.2) is 5.82 Å². The van der Waals surface area contributed by atoms with Crippen molar-refractivity contribution < 1.29 is 27.8 Å². The summed E-state index contributed by atoms with van der Waals surface area (Å²) >= 11 is 5.67. The molecular formula is C12H15ClFNO5S. The molecule has 0 atom stereocenters. The standard InChI is InChI=1S/C12H15ClFNO5S/c1-2-15(4-3-5-16)21(19,20)10-7-8(13)6-9(11(10)14)12(17)18/h6-7,16H,2-5H2,1H3,(H,17,18). The molecular weight excluding hydrogens is 325 g/mol. The van der Waals surface area contributed by atoms with Crippen molar-refractivity contribution in [1.29, 1.82) is 0 Å². The third kappa shape index (κ3) is 3.91. The van der Waals surface area contributed by atoms with Crippen LogP contribution >= 0.6 is 11.6 Å². The summed E-state index contributed by atoms with van der Waals surface area (Å²) in [6.45, 7) is 1.38. The average Bonchev–Trinajstić information content (AvgIpc) is 2.41. The largest absolute Gasteiger partial charge is 0.478 e. The quantitative estimate of drug-likeness (QED) is 0.786. The molecule has 0 aliphatic carbocycles. The molecule has 0 radical (unpaired) electrons. The van der Waals surface area contributed by atoms with Crippen molar-refractivity contribution in [3.05, 3.63) is 28.5 Å². The molecule has 0 spiro atoms. The Morgan fingerprint density at radius 1 is 1.43 bits per heavy atom. The minimum Gasteiger partial charge on any atom is -0.478 e. The van der Waals surface area contributed by atoms with Crippen molar-refractivity contribution in [1.82, 2.24) is 4.31 Å². The fraction of sp³-hybridized carbons (Fsp3) is 0.417. The van der Waals surface area contributed by atoms with E-state index in [1.807, 2.05) is 0 Å². The van der Waals surface area contributed by atoms with Crippen LogP contribution in [0.5, 0.6) is 0 Å². The van der Waals surface area contributed by atoms with E-state index >= 15 is 0 Å². The van der Waals surface area contributed by atoms with Gasteiger partial charge in [0.25, 0.3) is 0 Å². The Balaban J connectivity index is 3.40. The van der Waals surface area contributed by atoms with Crippen molar-refractivity contribution >= 4 is 27.6 Å². The monoisotopic (exact) mass is 339 g/mol. The summed E-state index contributed by atoms with van der Waals surface area (Å²) in [5, 5.41) is 17.5. The maximum atomic E-state index is 14.1. The van der Waals surface area contributed by atoms with Crippen molar-refractivity contribution in [2.24, 2.45) is 0 Å². The van der Waals surface area contributed by atoms with Crippen LogP contribution < -0.4 is 0 Å². The summed E-state index contributed by atoms with van der Waals surface area (Å²) in [7, 11) is -4.23. The number of nitrogens with zero attached hydrogens (tertiary/aromatic N) is 1. The molecule has 0 saturated heterocycles. The van der Waals surface area contributed by atoms with Gasteiger partial charge in [-0.2, -0.15) is 4.31 Å². The minimum absolute atomic E-state index is 0.0102. The van der Waals surface area contributed by atoms with E-state index in [0.29, 0.717) is 0 Å². The van der Waals surface area contributed by atoms with Gasteiger partial charge in [0.2, 0.25) is 10.0 Å². The van der Waals surface area contributed by atoms with Crippen molar-refractivity contribution in [3.8, 4) is 0 Å². The number of aliphatic hydroxyl groups is 1. The normalized spacial score (nSPS) is 11.9. The fourth-order valence-corrected chi connectivity index (χ4v) is 3.62. The number of benzene rings is 1. The van der Waals surface area contributed by atoms with Crippen molar-refractivity contribution in [2.75, 3.05) is 19.7 Å². The van der Waals surface area contributed by atoms with E-state index in [1.54, 1.807) is 6.92 Å². The number of carboxylic acids is 1. The molecule has 0 heterocycles. The summed E-state index contributed by atoms with van der Waals surface area (Å²) in [5.41, 5.74) is -0.806. The Morgan fingerprint density at radius 2 is 2.05 bits per heavy atom. The summed E-state index contributed by atoms with van der Waals surface area (Å²) in [6.07, 6.45) is 0.182. The van der Waals surface area contributed by atoms with Crippen LogP contribution in [0.4, 0.5) is 4.39 Å². The summed E-state index contributed by atoms with van der Waals surface area (Å²) in [5.74, 6) is -2.96. The molecule has 9 heteroatoms. The molecule has 0 unspecified atom stereocenters.